The highest BCUT2D eigenvalue weighted by atomic mass is 16.3. The SMILES string of the molecule is CC(=O)n1c(O)c(C(=Nc2ccc(N3CCCN(C)CC3)cc2)c2ccccc2)c2ccc(C)cc21. The molecule has 1 aliphatic heterocycles. The van der Waals surface area contributed by atoms with Crippen molar-refractivity contribution < 1.29 is 9.90 Å². The zero-order chi connectivity index (χ0) is 25.2. The third kappa shape index (κ3) is 4.64. The van der Waals surface area contributed by atoms with E-state index in [-0.39, 0.29) is 11.8 Å². The van der Waals surface area contributed by atoms with Crippen LogP contribution in [0.1, 0.15) is 34.8 Å². The van der Waals surface area contributed by atoms with E-state index in [1.807, 2.05) is 67.6 Å². The Morgan fingerprint density at radius 1 is 0.917 bits per heavy atom. The van der Waals surface area contributed by atoms with Gasteiger partial charge in [-0.15, -0.1) is 0 Å². The lowest BCUT2D eigenvalue weighted by atomic mass is 10.00. The number of rotatable bonds is 4. The molecule has 0 aliphatic carbocycles. The van der Waals surface area contributed by atoms with E-state index in [2.05, 4.69) is 29.0 Å². The minimum Gasteiger partial charge on any atom is -0.494 e. The molecule has 36 heavy (non-hydrogen) atoms. The molecule has 1 fully saturated rings. The second-order valence-corrected chi connectivity index (χ2v) is 9.56. The van der Waals surface area contributed by atoms with Crippen LogP contribution in [0.2, 0.25) is 0 Å². The normalized spacial score (nSPS) is 15.3. The fourth-order valence-electron chi connectivity index (χ4n) is 4.97. The topological polar surface area (TPSA) is 61.1 Å². The number of hydrogen-bond donors (Lipinski definition) is 1. The Kier molecular flexibility index (Phi) is 6.61. The van der Waals surface area contributed by atoms with Gasteiger partial charge in [0.1, 0.15) is 0 Å². The van der Waals surface area contributed by atoms with Gasteiger partial charge < -0.3 is 14.9 Å². The number of benzene rings is 3. The van der Waals surface area contributed by atoms with Gasteiger partial charge in [0.2, 0.25) is 11.8 Å². The molecule has 6 nitrogen and oxygen atoms in total. The molecule has 0 spiro atoms. The Balaban J connectivity index is 1.62. The molecule has 2 heterocycles. The summed E-state index contributed by atoms with van der Waals surface area (Å²) in [4.78, 5) is 22.3. The molecule has 3 aromatic carbocycles. The lowest BCUT2D eigenvalue weighted by Crippen LogP contribution is -2.28. The molecule has 1 aromatic heterocycles. The first-order valence-corrected chi connectivity index (χ1v) is 12.5. The first-order chi connectivity index (χ1) is 17.4. The number of likely N-dealkylation sites (N-methyl/N-ethyl adjacent to an activating group) is 1. The number of anilines is 1. The molecule has 0 unspecified atom stereocenters. The summed E-state index contributed by atoms with van der Waals surface area (Å²) in [5, 5.41) is 12.1. The van der Waals surface area contributed by atoms with Gasteiger partial charge in [-0.2, -0.15) is 0 Å². The van der Waals surface area contributed by atoms with E-state index in [1.165, 1.54) is 17.2 Å². The molecule has 1 N–H and O–H groups in total. The average Bonchev–Trinajstić information content (AvgIpc) is 2.99. The first-order valence-electron chi connectivity index (χ1n) is 12.5. The molecule has 0 atom stereocenters. The lowest BCUT2D eigenvalue weighted by molar-refractivity contribution is 0.0933. The number of carbonyl (C=O) groups is 1. The Morgan fingerprint density at radius 3 is 2.39 bits per heavy atom. The van der Waals surface area contributed by atoms with Crippen molar-refractivity contribution in [1.82, 2.24) is 9.47 Å². The highest BCUT2D eigenvalue weighted by molar-refractivity contribution is 6.23. The summed E-state index contributed by atoms with van der Waals surface area (Å²) in [6.45, 7) is 7.66. The van der Waals surface area contributed by atoms with Gasteiger partial charge >= 0.3 is 0 Å². The van der Waals surface area contributed by atoms with Gasteiger partial charge in [0.25, 0.3) is 0 Å². The smallest absolute Gasteiger partial charge is 0.230 e. The predicted molar refractivity (Wildman–Crippen MR) is 147 cm³/mol. The van der Waals surface area contributed by atoms with Crippen LogP contribution < -0.4 is 4.90 Å². The fourth-order valence-corrected chi connectivity index (χ4v) is 4.97. The minimum atomic E-state index is -0.241. The van der Waals surface area contributed by atoms with Crippen molar-refractivity contribution in [3.8, 4) is 5.88 Å². The second kappa shape index (κ2) is 9.99. The van der Waals surface area contributed by atoms with Gasteiger partial charge in [-0.05, 0) is 62.8 Å². The van der Waals surface area contributed by atoms with E-state index in [0.717, 1.165) is 54.8 Å². The third-order valence-corrected chi connectivity index (χ3v) is 6.87. The maximum absolute atomic E-state index is 12.5. The van der Waals surface area contributed by atoms with Crippen LogP contribution in [-0.4, -0.2) is 59.4 Å². The molecule has 5 rings (SSSR count). The van der Waals surface area contributed by atoms with Crippen molar-refractivity contribution in [2.45, 2.75) is 20.3 Å². The van der Waals surface area contributed by atoms with Crippen LogP contribution in [-0.2, 0) is 0 Å². The van der Waals surface area contributed by atoms with Gasteiger partial charge in [0.05, 0.1) is 22.5 Å². The molecule has 0 bridgehead atoms. The van der Waals surface area contributed by atoms with Crippen LogP contribution in [0.3, 0.4) is 0 Å². The summed E-state index contributed by atoms with van der Waals surface area (Å²) < 4.78 is 1.37. The number of carbonyl (C=O) groups excluding carboxylic acids is 1. The molecular formula is C30H32N4O2. The van der Waals surface area contributed by atoms with Gasteiger partial charge in [-0.1, -0.05) is 42.5 Å². The van der Waals surface area contributed by atoms with Crippen molar-refractivity contribution in [3.63, 3.8) is 0 Å². The Bertz CT molecular complexity index is 1420. The number of aliphatic imine (C=N–C) groups is 1. The molecule has 1 saturated heterocycles. The van der Waals surface area contributed by atoms with Crippen molar-refractivity contribution in [2.75, 3.05) is 38.1 Å². The monoisotopic (exact) mass is 480 g/mol. The number of aromatic hydroxyl groups is 1. The summed E-state index contributed by atoms with van der Waals surface area (Å²) in [6, 6.07) is 24.0. The van der Waals surface area contributed by atoms with Crippen LogP contribution in [0.4, 0.5) is 11.4 Å². The summed E-state index contributed by atoms with van der Waals surface area (Å²) >= 11 is 0. The highest BCUT2D eigenvalue weighted by Gasteiger charge is 2.24. The average molecular weight is 481 g/mol. The second-order valence-electron chi connectivity index (χ2n) is 9.56. The maximum Gasteiger partial charge on any atom is 0.230 e. The molecule has 0 radical (unpaired) electrons. The van der Waals surface area contributed by atoms with E-state index >= 15 is 0 Å². The summed E-state index contributed by atoms with van der Waals surface area (Å²) in [6.07, 6.45) is 1.15. The van der Waals surface area contributed by atoms with E-state index < -0.39 is 0 Å². The van der Waals surface area contributed by atoms with E-state index in [0.29, 0.717) is 16.8 Å². The molecule has 0 amide bonds. The Morgan fingerprint density at radius 2 is 1.67 bits per heavy atom. The van der Waals surface area contributed by atoms with Crippen molar-refractivity contribution >= 4 is 33.9 Å². The van der Waals surface area contributed by atoms with Crippen LogP contribution >= 0.6 is 0 Å². The van der Waals surface area contributed by atoms with Gasteiger partial charge in [-0.25, -0.2) is 4.99 Å². The van der Waals surface area contributed by atoms with Crippen LogP contribution in [0.5, 0.6) is 5.88 Å². The largest absolute Gasteiger partial charge is 0.494 e. The van der Waals surface area contributed by atoms with Gasteiger partial charge in [-0.3, -0.25) is 9.36 Å². The quantitative estimate of drug-likeness (QED) is 0.385. The van der Waals surface area contributed by atoms with Crippen molar-refractivity contribution in [3.05, 3.63) is 89.5 Å². The number of aromatic nitrogens is 1. The summed E-state index contributed by atoms with van der Waals surface area (Å²) in [5.41, 5.74) is 5.74. The van der Waals surface area contributed by atoms with E-state index in [4.69, 9.17) is 4.99 Å². The van der Waals surface area contributed by atoms with E-state index in [1.54, 1.807) is 0 Å². The lowest BCUT2D eigenvalue weighted by Gasteiger charge is -2.22. The molecule has 1 aliphatic rings. The standard InChI is InChI=1S/C30H32N4O2/c1-21-10-15-26-27(20-21)34(22(2)35)30(36)28(26)29(23-8-5-4-6-9-23)31-24-11-13-25(14-12-24)33-17-7-16-32(3)18-19-33/h4-6,8-15,20,36H,7,16-19H2,1-3H3. The third-order valence-electron chi connectivity index (χ3n) is 6.87. The van der Waals surface area contributed by atoms with Crippen molar-refractivity contribution in [1.29, 1.82) is 0 Å². The first kappa shape index (κ1) is 23.8. The Hall–Kier alpha value is -3.90. The predicted octanol–water partition coefficient (Wildman–Crippen LogP) is 5.63. The minimum absolute atomic E-state index is 0.0870. The molecular weight excluding hydrogens is 448 g/mol. The zero-order valence-electron chi connectivity index (χ0n) is 21.1. The summed E-state index contributed by atoms with van der Waals surface area (Å²) in [5.74, 6) is -0.329. The zero-order valence-corrected chi connectivity index (χ0v) is 21.1. The van der Waals surface area contributed by atoms with Gasteiger partial charge in [0, 0.05) is 43.2 Å². The summed E-state index contributed by atoms with van der Waals surface area (Å²) in [7, 11) is 2.17. The van der Waals surface area contributed by atoms with Crippen LogP contribution in [0, 0.1) is 6.92 Å². The number of nitrogens with zero attached hydrogens (tertiary/aromatic N) is 4. The van der Waals surface area contributed by atoms with Crippen molar-refractivity contribution in [2.24, 2.45) is 4.99 Å². The molecule has 4 aromatic rings. The Labute approximate surface area is 212 Å². The maximum atomic E-state index is 12.5. The molecule has 6 heteroatoms. The molecule has 0 saturated carbocycles. The highest BCUT2D eigenvalue weighted by Crippen LogP contribution is 2.35. The number of hydrogen-bond acceptors (Lipinski definition) is 5. The molecule has 184 valence electrons. The number of fused-ring (bicyclic) bond motifs is 1. The van der Waals surface area contributed by atoms with Crippen LogP contribution in [0.15, 0.2) is 77.8 Å². The number of aryl methyl sites for hydroxylation is 1. The van der Waals surface area contributed by atoms with Gasteiger partial charge in [0.15, 0.2) is 0 Å². The van der Waals surface area contributed by atoms with Crippen LogP contribution in [0.25, 0.3) is 10.9 Å². The van der Waals surface area contributed by atoms with E-state index in [9.17, 15) is 9.90 Å². The fraction of sp³-hybridized carbons (Fsp3) is 0.267.